The Kier molecular flexibility index (Phi) is 10.8. The van der Waals surface area contributed by atoms with Crippen LogP contribution in [0.5, 0.6) is 0 Å². The molecule has 0 spiro atoms. The standard InChI is InChI=1S/C18H23N5O2.2C2HF3O2/c1-22-10-13(8-20-22)11-23-6-4-14-7-16(25-17(14)12-23)18(24)21-15-3-2-5-19-9-15;2*3-2(4,5)1(6)7/h2-3,5,8-10,14,16-17H,4,6-7,11-12H2,1H3,(H,21,24);2*(H,6,7)/t14-,16+,17+;;/m0../s1. The third kappa shape index (κ3) is 10.5. The Hall–Kier alpha value is -3.73. The number of nitrogens with one attached hydrogen (secondary N) is 1. The number of anilines is 1. The van der Waals surface area contributed by atoms with E-state index in [1.54, 1.807) is 18.5 Å². The average molecular weight is 569 g/mol. The van der Waals surface area contributed by atoms with E-state index in [1.165, 1.54) is 5.56 Å². The summed E-state index contributed by atoms with van der Waals surface area (Å²) in [5.74, 6) is -5.11. The number of hydrogen-bond donors (Lipinski definition) is 3. The zero-order valence-electron chi connectivity index (χ0n) is 20.3. The first-order valence-electron chi connectivity index (χ1n) is 11.2. The molecule has 17 heteroatoms. The summed E-state index contributed by atoms with van der Waals surface area (Å²) in [6, 6.07) is 3.64. The third-order valence-corrected chi connectivity index (χ3v) is 5.51. The maximum Gasteiger partial charge on any atom is 0.490 e. The molecule has 2 fully saturated rings. The maximum atomic E-state index is 12.4. The lowest BCUT2D eigenvalue weighted by atomic mass is 9.91. The van der Waals surface area contributed by atoms with E-state index in [9.17, 15) is 31.1 Å². The van der Waals surface area contributed by atoms with Crippen LogP contribution in [0.25, 0.3) is 0 Å². The quantitative estimate of drug-likeness (QED) is 0.473. The molecule has 0 unspecified atom stereocenters. The Balaban J connectivity index is 0.000000317. The fourth-order valence-corrected chi connectivity index (χ4v) is 3.78. The van der Waals surface area contributed by atoms with E-state index in [0.717, 1.165) is 32.5 Å². The number of likely N-dealkylation sites (tertiary alicyclic amines) is 1. The number of aliphatic carboxylic acids is 2. The molecule has 4 rings (SSSR count). The molecule has 0 aliphatic carbocycles. The summed E-state index contributed by atoms with van der Waals surface area (Å²) in [5, 5.41) is 21.4. The SMILES string of the molecule is Cn1cc(CN2CC[C@H]3C[C@H](C(=O)Nc4cccnc4)O[C@@H]3C2)cn1.O=C(O)C(F)(F)F.O=C(O)C(F)(F)F. The highest BCUT2D eigenvalue weighted by atomic mass is 19.4. The van der Waals surface area contributed by atoms with Crippen LogP contribution in [0.3, 0.4) is 0 Å². The molecule has 3 atom stereocenters. The van der Waals surface area contributed by atoms with Gasteiger partial charge in [0.05, 0.1) is 24.2 Å². The number of amides is 1. The number of fused-ring (bicyclic) bond motifs is 1. The van der Waals surface area contributed by atoms with E-state index < -0.39 is 24.3 Å². The van der Waals surface area contributed by atoms with Crippen LogP contribution in [0.1, 0.15) is 18.4 Å². The van der Waals surface area contributed by atoms with Gasteiger partial charge in [0.15, 0.2) is 0 Å². The van der Waals surface area contributed by atoms with Gasteiger partial charge in [0, 0.05) is 38.1 Å². The van der Waals surface area contributed by atoms with Gasteiger partial charge in [-0.1, -0.05) is 0 Å². The van der Waals surface area contributed by atoms with Gasteiger partial charge in [-0.25, -0.2) is 9.59 Å². The second kappa shape index (κ2) is 13.4. The highest BCUT2D eigenvalue weighted by molar-refractivity contribution is 5.94. The number of ether oxygens (including phenoxy) is 1. The number of rotatable bonds is 4. The van der Waals surface area contributed by atoms with Crippen LogP contribution in [-0.2, 0) is 32.7 Å². The van der Waals surface area contributed by atoms with Crippen LogP contribution in [0.15, 0.2) is 36.9 Å². The molecule has 2 saturated heterocycles. The molecule has 2 aromatic heterocycles. The number of hydrogen-bond acceptors (Lipinski definition) is 7. The van der Waals surface area contributed by atoms with E-state index in [-0.39, 0.29) is 18.1 Å². The van der Waals surface area contributed by atoms with Crippen LogP contribution in [-0.4, -0.2) is 85.4 Å². The van der Waals surface area contributed by atoms with Crippen molar-refractivity contribution in [1.82, 2.24) is 19.7 Å². The number of aryl methyl sites for hydroxylation is 1. The van der Waals surface area contributed by atoms with E-state index in [0.29, 0.717) is 11.6 Å². The van der Waals surface area contributed by atoms with Crippen molar-refractivity contribution in [3.63, 3.8) is 0 Å². The van der Waals surface area contributed by atoms with Crippen LogP contribution in [0.2, 0.25) is 0 Å². The molecule has 39 heavy (non-hydrogen) atoms. The first-order chi connectivity index (χ1) is 18.1. The molecule has 0 aromatic carbocycles. The summed E-state index contributed by atoms with van der Waals surface area (Å²) in [5.41, 5.74) is 1.92. The van der Waals surface area contributed by atoms with Gasteiger partial charge in [-0.15, -0.1) is 0 Å². The van der Waals surface area contributed by atoms with Crippen LogP contribution in [0, 0.1) is 5.92 Å². The molecule has 0 radical (unpaired) electrons. The van der Waals surface area contributed by atoms with Gasteiger partial charge in [0.1, 0.15) is 6.10 Å². The second-order valence-electron chi connectivity index (χ2n) is 8.54. The van der Waals surface area contributed by atoms with Crippen molar-refractivity contribution in [2.24, 2.45) is 13.0 Å². The number of carbonyl (C=O) groups is 3. The average Bonchev–Trinajstić information content (AvgIpc) is 3.45. The van der Waals surface area contributed by atoms with Crippen molar-refractivity contribution in [3.8, 4) is 0 Å². The van der Waals surface area contributed by atoms with Gasteiger partial charge in [-0.05, 0) is 37.4 Å². The highest BCUT2D eigenvalue weighted by Crippen LogP contribution is 2.34. The van der Waals surface area contributed by atoms with Gasteiger partial charge in [0.25, 0.3) is 5.91 Å². The van der Waals surface area contributed by atoms with E-state index in [1.807, 2.05) is 30.2 Å². The highest BCUT2D eigenvalue weighted by Gasteiger charge is 2.42. The topological polar surface area (TPSA) is 147 Å². The number of aromatic nitrogens is 3. The minimum absolute atomic E-state index is 0.0683. The molecular weight excluding hydrogens is 544 g/mol. The summed E-state index contributed by atoms with van der Waals surface area (Å²) in [4.78, 5) is 36.6. The summed E-state index contributed by atoms with van der Waals surface area (Å²) >= 11 is 0. The fraction of sp³-hybridized carbons (Fsp3) is 0.500. The summed E-state index contributed by atoms with van der Waals surface area (Å²) in [7, 11) is 1.93. The zero-order chi connectivity index (χ0) is 29.4. The number of nitrogens with zero attached hydrogens (tertiary/aromatic N) is 4. The molecule has 11 nitrogen and oxygen atoms in total. The van der Waals surface area contributed by atoms with Gasteiger partial charge in [-0.3, -0.25) is 19.4 Å². The number of pyridine rings is 1. The molecule has 2 aromatic rings. The first kappa shape index (κ1) is 31.5. The fourth-order valence-electron chi connectivity index (χ4n) is 3.78. The molecule has 2 aliphatic rings. The smallest absolute Gasteiger partial charge is 0.475 e. The lowest BCUT2D eigenvalue weighted by Crippen LogP contribution is -2.41. The predicted octanol–water partition coefficient (Wildman–Crippen LogP) is 2.70. The first-order valence-corrected chi connectivity index (χ1v) is 11.2. The molecule has 3 N–H and O–H groups in total. The third-order valence-electron chi connectivity index (χ3n) is 5.51. The Labute approximate surface area is 217 Å². The Morgan fingerprint density at radius 3 is 2.21 bits per heavy atom. The molecular formula is C22H25F6N5O6. The summed E-state index contributed by atoms with van der Waals surface area (Å²) < 4.78 is 71.4. The number of piperidine rings is 1. The lowest BCUT2D eigenvalue weighted by molar-refractivity contribution is -0.193. The molecule has 0 bridgehead atoms. The van der Waals surface area contributed by atoms with Gasteiger partial charge in [0.2, 0.25) is 0 Å². The maximum absolute atomic E-state index is 12.4. The predicted molar refractivity (Wildman–Crippen MR) is 120 cm³/mol. The van der Waals surface area contributed by atoms with Crippen molar-refractivity contribution >= 4 is 23.5 Å². The minimum Gasteiger partial charge on any atom is -0.475 e. The Bertz CT molecular complexity index is 1090. The van der Waals surface area contributed by atoms with Crippen molar-refractivity contribution < 1.29 is 55.7 Å². The van der Waals surface area contributed by atoms with E-state index >= 15 is 0 Å². The van der Waals surface area contributed by atoms with Crippen molar-refractivity contribution in [1.29, 1.82) is 0 Å². The normalized spacial score (nSPS) is 20.9. The molecule has 2 aliphatic heterocycles. The minimum atomic E-state index is -5.08. The van der Waals surface area contributed by atoms with Crippen LogP contribution in [0.4, 0.5) is 32.0 Å². The number of halogens is 6. The Morgan fingerprint density at radius 2 is 1.72 bits per heavy atom. The van der Waals surface area contributed by atoms with Crippen LogP contribution >= 0.6 is 0 Å². The molecule has 4 heterocycles. The number of carboxylic acids is 2. The number of carboxylic acid groups (broad SMARTS) is 2. The zero-order valence-corrected chi connectivity index (χ0v) is 20.3. The molecule has 1 amide bonds. The Morgan fingerprint density at radius 1 is 1.10 bits per heavy atom. The van der Waals surface area contributed by atoms with E-state index in [4.69, 9.17) is 24.5 Å². The van der Waals surface area contributed by atoms with Crippen molar-refractivity contribution in [3.05, 3.63) is 42.5 Å². The van der Waals surface area contributed by atoms with Gasteiger partial charge >= 0.3 is 24.3 Å². The van der Waals surface area contributed by atoms with Gasteiger partial charge < -0.3 is 20.3 Å². The van der Waals surface area contributed by atoms with Crippen molar-refractivity contribution in [2.45, 2.75) is 43.9 Å². The second-order valence-corrected chi connectivity index (χ2v) is 8.54. The number of alkyl halides is 6. The monoisotopic (exact) mass is 569 g/mol. The summed E-state index contributed by atoms with van der Waals surface area (Å²) in [6.07, 6.45) is -1.23. The lowest BCUT2D eigenvalue weighted by Gasteiger charge is -2.33. The largest absolute Gasteiger partial charge is 0.490 e. The molecule has 216 valence electrons. The van der Waals surface area contributed by atoms with Gasteiger partial charge in [-0.2, -0.15) is 31.4 Å². The number of carbonyl (C=O) groups excluding carboxylic acids is 1. The van der Waals surface area contributed by atoms with Crippen LogP contribution < -0.4 is 5.32 Å². The molecule has 0 saturated carbocycles. The van der Waals surface area contributed by atoms with E-state index in [2.05, 4.69) is 20.3 Å². The summed E-state index contributed by atoms with van der Waals surface area (Å²) in [6.45, 7) is 2.79. The van der Waals surface area contributed by atoms with Crippen molar-refractivity contribution in [2.75, 3.05) is 18.4 Å².